The van der Waals surface area contributed by atoms with Crippen LogP contribution in [-0.2, 0) is 22.4 Å². The molecule has 1 aliphatic rings. The highest BCUT2D eigenvalue weighted by Gasteiger charge is 2.29. The van der Waals surface area contributed by atoms with Gasteiger partial charge in [0.05, 0.1) is 11.1 Å². The third kappa shape index (κ3) is 5.70. The van der Waals surface area contributed by atoms with Crippen LogP contribution in [0.3, 0.4) is 0 Å². The molecule has 1 heterocycles. The van der Waals surface area contributed by atoms with E-state index in [9.17, 15) is 23.2 Å². The highest BCUT2D eigenvalue weighted by Crippen LogP contribution is 2.39. The molecule has 9 heteroatoms. The number of aryl methyl sites for hydroxylation is 1. The number of halogens is 2. The van der Waals surface area contributed by atoms with Crippen molar-refractivity contribution in [2.24, 2.45) is 0 Å². The van der Waals surface area contributed by atoms with E-state index in [1.165, 1.54) is 17.4 Å². The first-order chi connectivity index (χ1) is 15.1. The van der Waals surface area contributed by atoms with Gasteiger partial charge in [-0.25, -0.2) is 13.6 Å². The van der Waals surface area contributed by atoms with Gasteiger partial charge in [0.2, 0.25) is 11.7 Å². The summed E-state index contributed by atoms with van der Waals surface area (Å²) in [6.07, 6.45) is 3.34. The van der Waals surface area contributed by atoms with Crippen molar-refractivity contribution in [1.29, 1.82) is 0 Å². The molecule has 0 spiro atoms. The van der Waals surface area contributed by atoms with Crippen molar-refractivity contribution < 1.29 is 27.9 Å². The Morgan fingerprint density at radius 3 is 2.34 bits per heavy atom. The highest BCUT2D eigenvalue weighted by molar-refractivity contribution is 7.17. The highest BCUT2D eigenvalue weighted by atomic mass is 32.1. The van der Waals surface area contributed by atoms with Crippen LogP contribution in [0, 0.1) is 11.6 Å². The van der Waals surface area contributed by atoms with Crippen molar-refractivity contribution in [3.63, 3.8) is 0 Å². The topological polar surface area (TPSA) is 84.5 Å². The fourth-order valence-electron chi connectivity index (χ4n) is 3.55. The fraction of sp³-hybridized carbons (Fsp3) is 0.435. The zero-order valence-corrected chi connectivity index (χ0v) is 19.1. The van der Waals surface area contributed by atoms with Gasteiger partial charge in [-0.1, -0.05) is 12.5 Å². The Hall–Kier alpha value is -2.81. The summed E-state index contributed by atoms with van der Waals surface area (Å²) in [5.74, 6) is -3.27. The van der Waals surface area contributed by atoms with E-state index in [1.807, 2.05) is 0 Å². The molecule has 0 fully saturated rings. The van der Waals surface area contributed by atoms with E-state index in [2.05, 4.69) is 10.6 Å². The van der Waals surface area contributed by atoms with Crippen molar-refractivity contribution in [2.75, 3.05) is 11.9 Å². The minimum atomic E-state index is -0.951. The van der Waals surface area contributed by atoms with Gasteiger partial charge in [0.1, 0.15) is 28.8 Å². The van der Waals surface area contributed by atoms with Crippen molar-refractivity contribution in [3.8, 4) is 0 Å². The normalized spacial score (nSPS) is 13.7. The number of ketones is 1. The van der Waals surface area contributed by atoms with Crippen LogP contribution in [0.1, 0.15) is 66.4 Å². The fourth-order valence-corrected chi connectivity index (χ4v) is 4.85. The largest absolute Gasteiger partial charge is 0.444 e. The van der Waals surface area contributed by atoms with Gasteiger partial charge in [0.15, 0.2) is 0 Å². The van der Waals surface area contributed by atoms with Crippen LogP contribution in [0.2, 0.25) is 0 Å². The standard InChI is InChI=1S/C23H26F2N2O4S/c1-23(2,3)31-22(30)26-12-17(28)27-21-18(13-8-5-4-6-11-16(13)32-21)20(29)19-14(24)9-7-10-15(19)25/h7,9-10H,4-6,8,11-12H2,1-3H3,(H,26,30)(H,27,28). The molecule has 1 aliphatic carbocycles. The molecule has 0 aliphatic heterocycles. The number of nitrogens with one attached hydrogen (secondary N) is 2. The lowest BCUT2D eigenvalue weighted by Gasteiger charge is -2.19. The second-order valence-corrected chi connectivity index (χ2v) is 9.70. The molecular weight excluding hydrogens is 438 g/mol. The lowest BCUT2D eigenvalue weighted by atomic mass is 9.97. The van der Waals surface area contributed by atoms with E-state index in [1.54, 1.807) is 20.8 Å². The Balaban J connectivity index is 1.87. The molecule has 0 saturated carbocycles. The molecule has 0 bridgehead atoms. The van der Waals surface area contributed by atoms with E-state index < -0.39 is 40.6 Å². The van der Waals surface area contributed by atoms with Gasteiger partial charge in [-0.2, -0.15) is 0 Å². The average molecular weight is 465 g/mol. The van der Waals surface area contributed by atoms with Crippen LogP contribution < -0.4 is 10.6 Å². The molecule has 2 N–H and O–H groups in total. The molecule has 0 unspecified atom stereocenters. The zero-order valence-electron chi connectivity index (χ0n) is 18.3. The van der Waals surface area contributed by atoms with Gasteiger partial charge in [0.25, 0.3) is 0 Å². The van der Waals surface area contributed by atoms with Gasteiger partial charge in [-0.3, -0.25) is 9.59 Å². The van der Waals surface area contributed by atoms with Crippen molar-refractivity contribution in [2.45, 2.75) is 58.5 Å². The maximum absolute atomic E-state index is 14.3. The van der Waals surface area contributed by atoms with Gasteiger partial charge in [-0.15, -0.1) is 11.3 Å². The van der Waals surface area contributed by atoms with Gasteiger partial charge >= 0.3 is 6.09 Å². The lowest BCUT2D eigenvalue weighted by Crippen LogP contribution is -2.37. The number of carbonyl (C=O) groups is 3. The predicted molar refractivity (Wildman–Crippen MR) is 118 cm³/mol. The maximum Gasteiger partial charge on any atom is 0.408 e. The lowest BCUT2D eigenvalue weighted by molar-refractivity contribution is -0.115. The quantitative estimate of drug-likeness (QED) is 0.482. The first-order valence-electron chi connectivity index (χ1n) is 10.5. The van der Waals surface area contributed by atoms with E-state index in [0.29, 0.717) is 6.42 Å². The van der Waals surface area contributed by atoms with Crippen LogP contribution in [0.5, 0.6) is 0 Å². The minimum Gasteiger partial charge on any atom is -0.444 e. The van der Waals surface area contributed by atoms with Crippen LogP contribution in [0.25, 0.3) is 0 Å². The summed E-state index contributed by atoms with van der Waals surface area (Å²) >= 11 is 1.24. The van der Waals surface area contributed by atoms with E-state index in [4.69, 9.17) is 4.74 Å². The molecule has 0 saturated heterocycles. The molecule has 6 nitrogen and oxygen atoms in total. The summed E-state index contributed by atoms with van der Waals surface area (Å²) in [6.45, 7) is 4.72. The van der Waals surface area contributed by atoms with Gasteiger partial charge in [0, 0.05) is 4.88 Å². The molecule has 2 aromatic rings. The predicted octanol–water partition coefficient (Wildman–Crippen LogP) is 4.99. The maximum atomic E-state index is 14.3. The van der Waals surface area contributed by atoms with Crippen molar-refractivity contribution >= 4 is 34.1 Å². The SMILES string of the molecule is CC(C)(C)OC(=O)NCC(=O)Nc1sc2c(c1C(=O)c1c(F)cccc1F)CCCCC2. The minimum absolute atomic E-state index is 0.126. The summed E-state index contributed by atoms with van der Waals surface area (Å²) in [6, 6.07) is 3.26. The Morgan fingerprint density at radius 2 is 1.69 bits per heavy atom. The molecule has 0 atom stereocenters. The number of amides is 2. The number of ether oxygens (including phenoxy) is 1. The van der Waals surface area contributed by atoms with Crippen molar-refractivity contribution in [1.82, 2.24) is 5.32 Å². The monoisotopic (exact) mass is 464 g/mol. The van der Waals surface area contributed by atoms with Gasteiger partial charge < -0.3 is 15.4 Å². The van der Waals surface area contributed by atoms with Crippen LogP contribution in [-0.4, -0.2) is 29.9 Å². The molecule has 1 aromatic heterocycles. The molecule has 1 aromatic carbocycles. The number of anilines is 1. The molecule has 0 radical (unpaired) electrons. The van der Waals surface area contributed by atoms with Gasteiger partial charge in [-0.05, 0) is 64.2 Å². The molecule has 3 rings (SSSR count). The number of hydrogen-bond donors (Lipinski definition) is 2. The van der Waals surface area contributed by atoms with Crippen molar-refractivity contribution in [3.05, 3.63) is 51.4 Å². The average Bonchev–Trinajstić information content (AvgIpc) is 2.85. The molecule has 172 valence electrons. The van der Waals surface area contributed by atoms with E-state index >= 15 is 0 Å². The Labute approximate surface area is 189 Å². The van der Waals surface area contributed by atoms with Crippen LogP contribution >= 0.6 is 11.3 Å². The number of benzene rings is 1. The summed E-state index contributed by atoms with van der Waals surface area (Å²) in [5, 5.41) is 5.23. The number of alkyl carbamates (subject to hydrolysis) is 1. The summed E-state index contributed by atoms with van der Waals surface area (Å²) in [4.78, 5) is 38.4. The summed E-state index contributed by atoms with van der Waals surface area (Å²) in [7, 11) is 0. The second kappa shape index (κ2) is 9.77. The van der Waals surface area contributed by atoms with Crippen LogP contribution in [0.15, 0.2) is 18.2 Å². The number of fused-ring (bicyclic) bond motifs is 1. The third-order valence-corrected chi connectivity index (χ3v) is 6.09. The Bertz CT molecular complexity index is 1020. The first kappa shape index (κ1) is 23.8. The number of rotatable bonds is 5. The summed E-state index contributed by atoms with van der Waals surface area (Å²) in [5.41, 5.74) is -0.494. The first-order valence-corrected chi connectivity index (χ1v) is 11.3. The Kier molecular flexibility index (Phi) is 7.28. The second-order valence-electron chi connectivity index (χ2n) is 8.60. The number of hydrogen-bond acceptors (Lipinski definition) is 5. The Morgan fingerprint density at radius 1 is 1.03 bits per heavy atom. The molecule has 2 amide bonds. The smallest absolute Gasteiger partial charge is 0.408 e. The summed E-state index contributed by atoms with van der Waals surface area (Å²) < 4.78 is 33.8. The van der Waals surface area contributed by atoms with E-state index in [0.717, 1.165) is 48.3 Å². The number of carbonyl (C=O) groups excluding carboxylic acids is 3. The number of thiophene rings is 1. The molecule has 32 heavy (non-hydrogen) atoms. The van der Waals surface area contributed by atoms with Crippen LogP contribution in [0.4, 0.5) is 18.6 Å². The third-order valence-electron chi connectivity index (χ3n) is 4.88. The van der Waals surface area contributed by atoms with E-state index in [-0.39, 0.29) is 17.1 Å². The molecular formula is C23H26F2N2O4S. The zero-order chi connectivity index (χ0) is 23.5.